The van der Waals surface area contributed by atoms with Crippen molar-refractivity contribution in [2.75, 3.05) is 5.32 Å². The first-order valence-corrected chi connectivity index (χ1v) is 9.02. The molecular weight excluding hydrogens is 347 g/mol. The Morgan fingerprint density at radius 3 is 2.77 bits per heavy atom. The van der Waals surface area contributed by atoms with E-state index in [1.807, 2.05) is 35.8 Å². The summed E-state index contributed by atoms with van der Waals surface area (Å²) in [7, 11) is 0. The van der Waals surface area contributed by atoms with E-state index in [-0.39, 0.29) is 5.82 Å². The van der Waals surface area contributed by atoms with Crippen molar-refractivity contribution in [3.05, 3.63) is 83.2 Å². The molecule has 4 nitrogen and oxygen atoms in total. The third-order valence-corrected chi connectivity index (χ3v) is 4.58. The first-order valence-electron chi connectivity index (χ1n) is 8.08. The Labute approximate surface area is 154 Å². The predicted molar refractivity (Wildman–Crippen MR) is 102 cm³/mol. The molecule has 0 spiro atoms. The van der Waals surface area contributed by atoms with Gasteiger partial charge in [-0.05, 0) is 52.2 Å². The van der Waals surface area contributed by atoms with Gasteiger partial charge in [0.15, 0.2) is 0 Å². The van der Waals surface area contributed by atoms with Crippen molar-refractivity contribution < 1.29 is 4.39 Å². The van der Waals surface area contributed by atoms with Crippen molar-refractivity contribution in [1.29, 1.82) is 0 Å². The average Bonchev–Trinajstić information content (AvgIpc) is 3.22. The number of nitrogens with one attached hydrogen (secondary N) is 1. The molecule has 0 unspecified atom stereocenters. The molecule has 0 atom stereocenters. The summed E-state index contributed by atoms with van der Waals surface area (Å²) < 4.78 is 13.3. The van der Waals surface area contributed by atoms with Crippen LogP contribution in [0.5, 0.6) is 0 Å². The Hall–Kier alpha value is -3.12. The molecule has 1 N–H and O–H groups in total. The van der Waals surface area contributed by atoms with E-state index < -0.39 is 0 Å². The van der Waals surface area contributed by atoms with Crippen LogP contribution in [0.2, 0.25) is 0 Å². The highest BCUT2D eigenvalue weighted by molar-refractivity contribution is 7.08. The normalized spacial score (nSPS) is 10.7. The van der Waals surface area contributed by atoms with Crippen LogP contribution in [0, 0.1) is 5.82 Å². The number of rotatable bonds is 5. The maximum Gasteiger partial charge on any atom is 0.223 e. The summed E-state index contributed by atoms with van der Waals surface area (Å²) >= 11 is 1.63. The fraction of sp³-hybridized carbons (Fsp3) is 0.0500. The van der Waals surface area contributed by atoms with E-state index in [0.29, 0.717) is 12.5 Å². The van der Waals surface area contributed by atoms with Crippen molar-refractivity contribution in [3.63, 3.8) is 0 Å². The Morgan fingerprint density at radius 2 is 2.00 bits per heavy atom. The number of halogens is 1. The van der Waals surface area contributed by atoms with Crippen molar-refractivity contribution >= 4 is 17.3 Å². The van der Waals surface area contributed by atoms with Crippen molar-refractivity contribution in [2.45, 2.75) is 6.54 Å². The molecule has 6 heteroatoms. The van der Waals surface area contributed by atoms with E-state index in [1.165, 1.54) is 12.1 Å². The van der Waals surface area contributed by atoms with Gasteiger partial charge in [0.25, 0.3) is 0 Å². The van der Waals surface area contributed by atoms with E-state index >= 15 is 0 Å². The molecule has 128 valence electrons. The molecule has 0 bridgehead atoms. The topological polar surface area (TPSA) is 50.7 Å². The summed E-state index contributed by atoms with van der Waals surface area (Å²) in [6, 6.07) is 12.4. The molecular formula is C20H15FN4S. The second-order valence-electron chi connectivity index (χ2n) is 5.69. The predicted octanol–water partition coefficient (Wildman–Crippen LogP) is 5.02. The Balaban J connectivity index is 1.67. The number of hydrogen-bond donors (Lipinski definition) is 1. The van der Waals surface area contributed by atoms with Crippen LogP contribution in [-0.4, -0.2) is 15.0 Å². The van der Waals surface area contributed by atoms with Gasteiger partial charge < -0.3 is 5.32 Å². The van der Waals surface area contributed by atoms with Crippen LogP contribution in [0.3, 0.4) is 0 Å². The Bertz CT molecular complexity index is 1000. The molecule has 0 saturated heterocycles. The van der Waals surface area contributed by atoms with Crippen LogP contribution in [-0.2, 0) is 6.54 Å². The smallest absolute Gasteiger partial charge is 0.223 e. The molecule has 0 radical (unpaired) electrons. The molecule has 26 heavy (non-hydrogen) atoms. The van der Waals surface area contributed by atoms with Crippen molar-refractivity contribution in [3.8, 4) is 22.4 Å². The minimum Gasteiger partial charge on any atom is -0.350 e. The quantitative estimate of drug-likeness (QED) is 0.542. The second kappa shape index (κ2) is 7.41. The Kier molecular flexibility index (Phi) is 4.66. The molecule has 3 heterocycles. The van der Waals surface area contributed by atoms with Gasteiger partial charge in [0.05, 0.1) is 5.69 Å². The lowest BCUT2D eigenvalue weighted by atomic mass is 10.0. The van der Waals surface area contributed by atoms with Gasteiger partial charge in [0.1, 0.15) is 5.82 Å². The minimum atomic E-state index is -0.255. The summed E-state index contributed by atoms with van der Waals surface area (Å²) in [5, 5.41) is 7.26. The van der Waals surface area contributed by atoms with E-state index in [2.05, 4.69) is 25.6 Å². The van der Waals surface area contributed by atoms with Gasteiger partial charge in [-0.25, -0.2) is 14.4 Å². The first kappa shape index (κ1) is 16.4. The molecule has 0 saturated carbocycles. The molecule has 0 fully saturated rings. The zero-order valence-corrected chi connectivity index (χ0v) is 14.6. The standard InChI is InChI=1S/C20H15FN4S/c21-17-5-1-3-14(9-17)10-23-20-24-12-18(16-6-8-26-13-16)19(25-20)15-4-2-7-22-11-15/h1-9,11-13H,10H2,(H,23,24,25). The van der Waals surface area contributed by atoms with Crippen LogP contribution in [0.1, 0.15) is 5.56 Å². The highest BCUT2D eigenvalue weighted by atomic mass is 32.1. The van der Waals surface area contributed by atoms with Crippen LogP contribution in [0.15, 0.2) is 71.8 Å². The van der Waals surface area contributed by atoms with Crippen molar-refractivity contribution in [1.82, 2.24) is 15.0 Å². The summed E-state index contributed by atoms with van der Waals surface area (Å²) in [5.74, 6) is 0.237. The second-order valence-corrected chi connectivity index (χ2v) is 6.47. The van der Waals surface area contributed by atoms with Gasteiger partial charge in [-0.2, -0.15) is 11.3 Å². The molecule has 3 aromatic heterocycles. The van der Waals surface area contributed by atoms with Crippen LogP contribution >= 0.6 is 11.3 Å². The number of aromatic nitrogens is 3. The lowest BCUT2D eigenvalue weighted by Gasteiger charge is -2.11. The van der Waals surface area contributed by atoms with Gasteiger partial charge in [-0.15, -0.1) is 0 Å². The van der Waals surface area contributed by atoms with E-state index in [0.717, 1.165) is 27.9 Å². The number of thiophene rings is 1. The lowest BCUT2D eigenvalue weighted by Crippen LogP contribution is -2.05. The number of benzene rings is 1. The summed E-state index contributed by atoms with van der Waals surface area (Å²) in [6.45, 7) is 0.446. The molecule has 0 aliphatic rings. The van der Waals surface area contributed by atoms with Gasteiger partial charge in [0, 0.05) is 36.3 Å². The van der Waals surface area contributed by atoms with Crippen LogP contribution in [0.25, 0.3) is 22.4 Å². The number of pyridine rings is 1. The molecule has 4 aromatic rings. The third kappa shape index (κ3) is 3.60. The van der Waals surface area contributed by atoms with Crippen molar-refractivity contribution in [2.24, 2.45) is 0 Å². The molecule has 0 aliphatic carbocycles. The van der Waals surface area contributed by atoms with Crippen LogP contribution < -0.4 is 5.32 Å². The zero-order valence-electron chi connectivity index (χ0n) is 13.8. The number of nitrogens with zero attached hydrogens (tertiary/aromatic N) is 3. The van der Waals surface area contributed by atoms with E-state index in [9.17, 15) is 4.39 Å². The number of anilines is 1. The summed E-state index contributed by atoms with van der Waals surface area (Å²) in [6.07, 6.45) is 5.33. The highest BCUT2D eigenvalue weighted by Crippen LogP contribution is 2.31. The molecule has 1 aromatic carbocycles. The average molecular weight is 362 g/mol. The van der Waals surface area contributed by atoms with E-state index in [1.54, 1.807) is 29.8 Å². The van der Waals surface area contributed by atoms with Gasteiger partial charge in [0.2, 0.25) is 5.95 Å². The van der Waals surface area contributed by atoms with Gasteiger partial charge >= 0.3 is 0 Å². The maximum atomic E-state index is 13.3. The lowest BCUT2D eigenvalue weighted by molar-refractivity contribution is 0.626. The minimum absolute atomic E-state index is 0.255. The third-order valence-electron chi connectivity index (χ3n) is 3.90. The fourth-order valence-corrected chi connectivity index (χ4v) is 3.30. The number of hydrogen-bond acceptors (Lipinski definition) is 5. The summed E-state index contributed by atoms with van der Waals surface area (Å²) in [5.41, 5.74) is 4.60. The SMILES string of the molecule is Fc1cccc(CNc2ncc(-c3ccsc3)c(-c3cccnc3)n2)c1. The molecule has 0 aliphatic heterocycles. The molecule has 4 rings (SSSR count). The van der Waals surface area contributed by atoms with Gasteiger partial charge in [-0.1, -0.05) is 12.1 Å². The van der Waals surface area contributed by atoms with Gasteiger partial charge in [-0.3, -0.25) is 4.98 Å². The van der Waals surface area contributed by atoms with E-state index in [4.69, 9.17) is 0 Å². The first-order chi connectivity index (χ1) is 12.8. The maximum absolute atomic E-state index is 13.3. The summed E-state index contributed by atoms with van der Waals surface area (Å²) in [4.78, 5) is 13.3. The molecule has 0 amide bonds. The largest absolute Gasteiger partial charge is 0.350 e. The zero-order chi connectivity index (χ0) is 17.8. The monoisotopic (exact) mass is 362 g/mol. The Morgan fingerprint density at radius 1 is 1.04 bits per heavy atom. The van der Waals surface area contributed by atoms with Crippen LogP contribution in [0.4, 0.5) is 10.3 Å². The highest BCUT2D eigenvalue weighted by Gasteiger charge is 2.12. The fourth-order valence-electron chi connectivity index (χ4n) is 2.65.